The van der Waals surface area contributed by atoms with Crippen LogP contribution in [-0.2, 0) is 14.6 Å². The number of aryl methyl sites for hydroxylation is 1. The highest BCUT2D eigenvalue weighted by atomic mass is 32.2. The average Bonchev–Trinajstić information content (AvgIpc) is 2.75. The predicted octanol–water partition coefficient (Wildman–Crippen LogP) is 4.40. The van der Waals surface area contributed by atoms with Crippen LogP contribution in [0.5, 0.6) is 0 Å². The molecule has 2 amide bonds. The number of hydrogen-bond donors (Lipinski definition) is 1. The van der Waals surface area contributed by atoms with Crippen LogP contribution in [0.4, 0.5) is 13.2 Å². The minimum atomic E-state index is -4.34. The molecule has 3 aromatic rings. The maximum atomic E-state index is 14.8. The van der Waals surface area contributed by atoms with Gasteiger partial charge in [0.1, 0.15) is 28.4 Å². The van der Waals surface area contributed by atoms with Gasteiger partial charge in [-0.2, -0.15) is 0 Å². The molecule has 0 bridgehead atoms. The first-order valence-corrected chi connectivity index (χ1v) is 11.7. The van der Waals surface area contributed by atoms with Gasteiger partial charge in [0.2, 0.25) is 5.91 Å². The minimum absolute atomic E-state index is 0.0708. The first-order valence-electron chi connectivity index (χ1n) is 10.1. The third-order valence-electron chi connectivity index (χ3n) is 5.36. The van der Waals surface area contributed by atoms with Gasteiger partial charge in [-0.15, -0.1) is 0 Å². The molecule has 10 heteroatoms. The van der Waals surface area contributed by atoms with Crippen molar-refractivity contribution in [2.75, 3.05) is 0 Å². The van der Waals surface area contributed by atoms with Crippen LogP contribution in [0.15, 0.2) is 59.6 Å². The van der Waals surface area contributed by atoms with E-state index in [-0.39, 0.29) is 10.6 Å². The molecule has 0 saturated carbocycles. The topological polar surface area (TPSA) is 93.2 Å². The van der Waals surface area contributed by atoms with E-state index in [0.29, 0.717) is 11.1 Å². The van der Waals surface area contributed by atoms with Crippen molar-refractivity contribution in [1.29, 1.82) is 0 Å². The van der Waals surface area contributed by atoms with Gasteiger partial charge in [0.05, 0.1) is 4.90 Å². The molecule has 0 aliphatic carbocycles. The summed E-state index contributed by atoms with van der Waals surface area (Å²) in [4.78, 5) is 27.0. The molecule has 34 heavy (non-hydrogen) atoms. The third kappa shape index (κ3) is 5.17. The molecule has 0 aliphatic rings. The molecule has 0 aliphatic heterocycles. The molecule has 2 unspecified atom stereocenters. The van der Waals surface area contributed by atoms with Crippen molar-refractivity contribution in [2.24, 2.45) is 0 Å². The van der Waals surface area contributed by atoms with Crippen LogP contribution in [-0.4, -0.2) is 25.2 Å². The van der Waals surface area contributed by atoms with Gasteiger partial charge in [0.15, 0.2) is 9.84 Å². The zero-order valence-electron chi connectivity index (χ0n) is 18.5. The standard InChI is InChI=1S/C24H21F3N2O4S/c1-13-10-22(24(31)29-15(3)30)28-12-20(13)14(2)23(19-11-17(26)6-9-21(19)27)34(32,33)18-7-4-16(25)5-8-18/h4-12,14,23H,1-3H3,(H,29,30,31). The molecule has 0 radical (unpaired) electrons. The second-order valence-electron chi connectivity index (χ2n) is 7.81. The quantitative estimate of drug-likeness (QED) is 0.517. The summed E-state index contributed by atoms with van der Waals surface area (Å²) in [6, 6.07) is 7.94. The van der Waals surface area contributed by atoms with Gasteiger partial charge in [0, 0.05) is 24.6 Å². The first-order chi connectivity index (χ1) is 15.9. The number of aromatic nitrogens is 1. The molecule has 2 aromatic carbocycles. The van der Waals surface area contributed by atoms with Crippen molar-refractivity contribution in [1.82, 2.24) is 10.3 Å². The number of sulfone groups is 1. The van der Waals surface area contributed by atoms with E-state index < -0.39 is 55.8 Å². The molecule has 2 atom stereocenters. The first kappa shape index (κ1) is 25.1. The summed E-state index contributed by atoms with van der Waals surface area (Å²) in [6.45, 7) is 4.27. The van der Waals surface area contributed by atoms with E-state index in [2.05, 4.69) is 10.3 Å². The molecule has 0 saturated heterocycles. The summed E-state index contributed by atoms with van der Waals surface area (Å²) < 4.78 is 69.5. The number of amides is 2. The number of benzene rings is 2. The minimum Gasteiger partial charge on any atom is -0.291 e. The van der Waals surface area contributed by atoms with Crippen LogP contribution < -0.4 is 5.32 Å². The van der Waals surface area contributed by atoms with Gasteiger partial charge in [-0.05, 0) is 66.6 Å². The number of carbonyl (C=O) groups is 2. The lowest BCUT2D eigenvalue weighted by molar-refractivity contribution is -0.118. The second kappa shape index (κ2) is 9.76. The van der Waals surface area contributed by atoms with Crippen LogP contribution in [0.1, 0.15) is 52.2 Å². The number of carbonyl (C=O) groups excluding carboxylic acids is 2. The van der Waals surface area contributed by atoms with Crippen LogP contribution >= 0.6 is 0 Å². The number of halogens is 3. The van der Waals surface area contributed by atoms with E-state index >= 15 is 0 Å². The number of nitrogens with one attached hydrogen (secondary N) is 1. The van der Waals surface area contributed by atoms with E-state index in [4.69, 9.17) is 0 Å². The monoisotopic (exact) mass is 490 g/mol. The summed E-state index contributed by atoms with van der Waals surface area (Å²) in [7, 11) is -4.34. The lowest BCUT2D eigenvalue weighted by Gasteiger charge is -2.26. The Hall–Kier alpha value is -3.53. The van der Waals surface area contributed by atoms with E-state index in [1.54, 1.807) is 6.92 Å². The molecule has 3 rings (SSSR count). The summed E-state index contributed by atoms with van der Waals surface area (Å²) in [5, 5.41) is 0.498. The summed E-state index contributed by atoms with van der Waals surface area (Å²) in [6.07, 6.45) is 1.26. The van der Waals surface area contributed by atoms with Gasteiger partial charge in [-0.3, -0.25) is 19.9 Å². The Kier molecular flexibility index (Phi) is 7.21. The Morgan fingerprint density at radius 1 is 0.941 bits per heavy atom. The number of nitrogens with zero attached hydrogens (tertiary/aromatic N) is 1. The maximum Gasteiger partial charge on any atom is 0.276 e. The van der Waals surface area contributed by atoms with E-state index in [1.165, 1.54) is 26.1 Å². The van der Waals surface area contributed by atoms with Crippen molar-refractivity contribution < 1.29 is 31.2 Å². The smallest absolute Gasteiger partial charge is 0.276 e. The maximum absolute atomic E-state index is 14.8. The molecule has 0 fully saturated rings. The molecule has 178 valence electrons. The van der Waals surface area contributed by atoms with Crippen LogP contribution in [0.2, 0.25) is 0 Å². The molecule has 1 N–H and O–H groups in total. The number of hydrogen-bond acceptors (Lipinski definition) is 5. The molecule has 6 nitrogen and oxygen atoms in total. The number of pyridine rings is 1. The predicted molar refractivity (Wildman–Crippen MR) is 118 cm³/mol. The van der Waals surface area contributed by atoms with E-state index in [1.807, 2.05) is 0 Å². The zero-order valence-corrected chi connectivity index (χ0v) is 19.3. The van der Waals surface area contributed by atoms with Crippen LogP contribution in [0.3, 0.4) is 0 Å². The largest absolute Gasteiger partial charge is 0.291 e. The Balaban J connectivity index is 2.15. The van der Waals surface area contributed by atoms with Crippen LogP contribution in [0.25, 0.3) is 0 Å². The highest BCUT2D eigenvalue weighted by Crippen LogP contribution is 2.42. The van der Waals surface area contributed by atoms with E-state index in [9.17, 15) is 31.2 Å². The normalized spacial score (nSPS) is 13.2. The molecular weight excluding hydrogens is 469 g/mol. The van der Waals surface area contributed by atoms with Crippen molar-refractivity contribution in [2.45, 2.75) is 36.8 Å². The van der Waals surface area contributed by atoms with Crippen molar-refractivity contribution >= 4 is 21.7 Å². The number of imide groups is 1. The Bertz CT molecular complexity index is 1360. The Labute approximate surface area is 194 Å². The fourth-order valence-electron chi connectivity index (χ4n) is 3.76. The highest BCUT2D eigenvalue weighted by Gasteiger charge is 2.37. The zero-order chi connectivity index (χ0) is 25.2. The third-order valence-corrected chi connectivity index (χ3v) is 7.62. The molecule has 1 heterocycles. The van der Waals surface area contributed by atoms with Crippen molar-refractivity contribution in [3.05, 3.63) is 94.6 Å². The van der Waals surface area contributed by atoms with Crippen LogP contribution in [0, 0.1) is 24.4 Å². The number of rotatable bonds is 6. The SMILES string of the molecule is CC(=O)NC(=O)c1cc(C)c(C(C)C(c2cc(F)ccc2F)S(=O)(=O)c2ccc(F)cc2)cn1. The van der Waals surface area contributed by atoms with Crippen molar-refractivity contribution in [3.8, 4) is 0 Å². The molecule has 0 spiro atoms. The summed E-state index contributed by atoms with van der Waals surface area (Å²) in [5.41, 5.74) is 0.346. The summed E-state index contributed by atoms with van der Waals surface area (Å²) >= 11 is 0. The van der Waals surface area contributed by atoms with E-state index in [0.717, 1.165) is 42.5 Å². The Morgan fingerprint density at radius 2 is 1.56 bits per heavy atom. The van der Waals surface area contributed by atoms with Gasteiger partial charge in [-0.1, -0.05) is 6.92 Å². The highest BCUT2D eigenvalue weighted by molar-refractivity contribution is 7.91. The molecule has 1 aromatic heterocycles. The van der Waals surface area contributed by atoms with Gasteiger partial charge in [0.25, 0.3) is 5.91 Å². The lowest BCUT2D eigenvalue weighted by Crippen LogP contribution is -2.29. The second-order valence-corrected chi connectivity index (χ2v) is 9.88. The lowest BCUT2D eigenvalue weighted by atomic mass is 9.91. The summed E-state index contributed by atoms with van der Waals surface area (Å²) in [5.74, 6) is -4.67. The molecular formula is C24H21F3N2O4S. The van der Waals surface area contributed by atoms with Gasteiger partial charge < -0.3 is 0 Å². The average molecular weight is 491 g/mol. The fraction of sp³-hybridized carbons (Fsp3) is 0.208. The van der Waals surface area contributed by atoms with Crippen molar-refractivity contribution in [3.63, 3.8) is 0 Å². The van der Waals surface area contributed by atoms with Gasteiger partial charge >= 0.3 is 0 Å². The fourth-order valence-corrected chi connectivity index (χ4v) is 5.77. The Morgan fingerprint density at radius 3 is 2.15 bits per heavy atom. The van der Waals surface area contributed by atoms with Gasteiger partial charge in [-0.25, -0.2) is 21.6 Å².